The number of nitrogens with zero attached hydrogens (tertiary/aromatic N) is 4. The maximum atomic E-state index is 8.66. The van der Waals surface area contributed by atoms with Crippen LogP contribution in [0.15, 0.2) is 11.5 Å². The largest absolute Gasteiger partial charge is 0.481 e. The fraction of sp³-hybridized carbons (Fsp3) is 0.143. The molecule has 58 valence electrons. The van der Waals surface area contributed by atoms with E-state index in [2.05, 4.69) is 14.9 Å². The number of nitrogens with one attached hydrogen (secondary N) is 1. The van der Waals surface area contributed by atoms with E-state index in [0.717, 1.165) is 0 Å². The molecular weight excluding hydrogens is 165 g/mol. The van der Waals surface area contributed by atoms with Crippen molar-refractivity contribution in [3.8, 4) is 12.0 Å². The van der Waals surface area contributed by atoms with Gasteiger partial charge in [0.15, 0.2) is 0 Å². The van der Waals surface area contributed by atoms with Gasteiger partial charge >= 0.3 is 6.85 Å². The molecule has 0 fully saturated rings. The summed E-state index contributed by atoms with van der Waals surface area (Å²) in [4.78, 5) is 6.11. The zero-order valence-electron chi connectivity index (χ0n) is 6.44. The van der Waals surface area contributed by atoms with Gasteiger partial charge in [-0.2, -0.15) is 5.26 Å². The lowest BCUT2D eigenvalue weighted by Gasteiger charge is -1.95. The van der Waals surface area contributed by atoms with Gasteiger partial charge in [-0.25, -0.2) is 5.26 Å². The van der Waals surface area contributed by atoms with Crippen LogP contribution in [0.2, 0.25) is 5.82 Å². The van der Waals surface area contributed by atoms with Crippen LogP contribution in [0.1, 0.15) is 0 Å². The predicted octanol–water partition coefficient (Wildman–Crippen LogP) is 0.545. The van der Waals surface area contributed by atoms with Crippen LogP contribution in [0.3, 0.4) is 0 Å². The molecule has 0 aliphatic carbocycles. The van der Waals surface area contributed by atoms with Crippen LogP contribution in [0, 0.1) is 35.7 Å². The van der Waals surface area contributed by atoms with Crippen molar-refractivity contribution in [3.05, 3.63) is 34.4 Å². The molecule has 5 nitrogen and oxygen atoms in total. The SMILES string of the molecule is [C-]#[N+]C1=C([N+]#[C-])C(C#N)B(C#N)N1. The quantitative estimate of drug-likeness (QED) is 0.422. The Morgan fingerprint density at radius 2 is 2.08 bits per heavy atom. The molecule has 0 bridgehead atoms. The van der Waals surface area contributed by atoms with Gasteiger partial charge in [0.25, 0.3) is 0 Å². The third-order valence-electron chi connectivity index (χ3n) is 1.67. The molecule has 1 atom stereocenters. The molecule has 1 aliphatic heterocycles. The number of nitriles is 2. The summed E-state index contributed by atoms with van der Waals surface area (Å²) >= 11 is 0. The monoisotopic (exact) mass is 167 g/mol. The second kappa shape index (κ2) is 3.31. The summed E-state index contributed by atoms with van der Waals surface area (Å²) in [5.41, 5.74) is 0.0454. The third kappa shape index (κ3) is 1.18. The number of allylic oxidation sites excluding steroid dienone is 1. The minimum atomic E-state index is -0.813. The van der Waals surface area contributed by atoms with Crippen LogP contribution in [0.4, 0.5) is 0 Å². The topological polar surface area (TPSA) is 68.3 Å². The van der Waals surface area contributed by atoms with Crippen molar-refractivity contribution in [2.75, 3.05) is 0 Å². The second-order valence-corrected chi connectivity index (χ2v) is 2.32. The van der Waals surface area contributed by atoms with Gasteiger partial charge < -0.3 is 10.1 Å². The van der Waals surface area contributed by atoms with Gasteiger partial charge in [0.05, 0.1) is 18.6 Å². The Labute approximate surface area is 75.6 Å². The van der Waals surface area contributed by atoms with Gasteiger partial charge in [-0.1, -0.05) is 6.57 Å². The smallest absolute Gasteiger partial charge is 0.402 e. The Hall–Kier alpha value is -2.44. The molecule has 1 unspecified atom stereocenters. The van der Waals surface area contributed by atoms with Crippen molar-refractivity contribution < 1.29 is 0 Å². The number of hydrogen-bond acceptors (Lipinski definition) is 3. The lowest BCUT2D eigenvalue weighted by atomic mass is 9.55. The Morgan fingerprint density at radius 3 is 2.46 bits per heavy atom. The van der Waals surface area contributed by atoms with Crippen molar-refractivity contribution in [3.63, 3.8) is 0 Å². The first-order valence-corrected chi connectivity index (χ1v) is 3.33. The van der Waals surface area contributed by atoms with Gasteiger partial charge in [0.2, 0.25) is 11.5 Å². The van der Waals surface area contributed by atoms with E-state index in [1.165, 1.54) is 0 Å². The molecule has 1 rings (SSSR count). The van der Waals surface area contributed by atoms with Crippen molar-refractivity contribution >= 4 is 6.85 Å². The van der Waals surface area contributed by atoms with Crippen LogP contribution in [-0.2, 0) is 0 Å². The molecule has 13 heavy (non-hydrogen) atoms. The maximum absolute atomic E-state index is 8.66. The summed E-state index contributed by atoms with van der Waals surface area (Å²) < 4.78 is 0. The van der Waals surface area contributed by atoms with E-state index in [9.17, 15) is 0 Å². The summed E-state index contributed by atoms with van der Waals surface area (Å²) in [6, 6.07) is 1.83. The summed E-state index contributed by atoms with van der Waals surface area (Å²) in [5.74, 6) is 1.04. The minimum Gasteiger partial charge on any atom is -0.402 e. The number of rotatable bonds is 0. The standard InChI is InChI=1S/C7H2BN5/c1-11-6-5(3-9)8(4-10)13-7(6)12-2/h5,13H. The highest BCUT2D eigenvalue weighted by molar-refractivity contribution is 6.69. The average Bonchev–Trinajstić information content (AvgIpc) is 2.54. The molecule has 1 aliphatic rings. The first-order valence-electron chi connectivity index (χ1n) is 3.33. The predicted molar refractivity (Wildman–Crippen MR) is 44.1 cm³/mol. The van der Waals surface area contributed by atoms with E-state index >= 15 is 0 Å². The van der Waals surface area contributed by atoms with Crippen LogP contribution in [0.25, 0.3) is 9.69 Å². The molecule has 1 heterocycles. The third-order valence-corrected chi connectivity index (χ3v) is 1.67. The Bertz CT molecular complexity index is 424. The molecule has 0 radical (unpaired) electrons. The molecule has 6 heteroatoms. The van der Waals surface area contributed by atoms with Crippen molar-refractivity contribution in [1.29, 1.82) is 10.5 Å². The Morgan fingerprint density at radius 1 is 1.38 bits per heavy atom. The van der Waals surface area contributed by atoms with Gasteiger partial charge in [-0.05, 0) is 0 Å². The first kappa shape index (κ1) is 8.66. The van der Waals surface area contributed by atoms with Gasteiger partial charge in [0.1, 0.15) is 5.82 Å². The summed E-state index contributed by atoms with van der Waals surface area (Å²) in [6.45, 7) is 12.7. The molecule has 0 saturated heterocycles. The zero-order valence-corrected chi connectivity index (χ0v) is 6.44. The summed E-state index contributed by atoms with van der Waals surface area (Å²) in [5, 5.41) is 19.8. The molecular formula is C7H2BN5. The lowest BCUT2D eigenvalue weighted by molar-refractivity contribution is 1.24. The molecule has 0 spiro atoms. The molecule has 0 amide bonds. The minimum absolute atomic E-state index is 0.0214. The van der Waals surface area contributed by atoms with E-state index < -0.39 is 12.7 Å². The molecule has 0 aromatic heterocycles. The van der Waals surface area contributed by atoms with E-state index in [1.54, 1.807) is 0 Å². The fourth-order valence-corrected chi connectivity index (χ4v) is 1.06. The van der Waals surface area contributed by atoms with E-state index in [1.807, 2.05) is 12.0 Å². The van der Waals surface area contributed by atoms with E-state index in [0.29, 0.717) is 0 Å². The first-order chi connectivity index (χ1) is 6.28. The Kier molecular flexibility index (Phi) is 2.20. The molecule has 0 aromatic carbocycles. The highest BCUT2D eigenvalue weighted by Gasteiger charge is 2.43. The van der Waals surface area contributed by atoms with Gasteiger partial charge in [-0.15, -0.1) is 0 Å². The van der Waals surface area contributed by atoms with Crippen LogP contribution >= 0.6 is 0 Å². The lowest BCUT2D eigenvalue weighted by Crippen LogP contribution is -2.29. The van der Waals surface area contributed by atoms with Crippen LogP contribution < -0.4 is 5.23 Å². The zero-order chi connectivity index (χ0) is 9.84. The van der Waals surface area contributed by atoms with Gasteiger partial charge in [-0.3, -0.25) is 4.85 Å². The van der Waals surface area contributed by atoms with Gasteiger partial charge in [0, 0.05) is 0 Å². The highest BCUT2D eigenvalue weighted by atomic mass is 15.0. The average molecular weight is 167 g/mol. The summed E-state index contributed by atoms with van der Waals surface area (Å²) in [6.07, 6.45) is 0. The van der Waals surface area contributed by atoms with E-state index in [4.69, 9.17) is 23.7 Å². The normalized spacial score (nSPS) is 19.4. The summed E-state index contributed by atoms with van der Waals surface area (Å²) in [7, 11) is 0. The molecule has 0 aromatic rings. The van der Waals surface area contributed by atoms with Crippen molar-refractivity contribution in [2.24, 2.45) is 0 Å². The highest BCUT2D eigenvalue weighted by Crippen LogP contribution is 2.29. The van der Waals surface area contributed by atoms with Crippen molar-refractivity contribution in [2.45, 2.75) is 5.82 Å². The van der Waals surface area contributed by atoms with Crippen molar-refractivity contribution in [1.82, 2.24) is 5.23 Å². The van der Waals surface area contributed by atoms with Crippen LogP contribution in [-0.4, -0.2) is 6.85 Å². The molecule has 0 saturated carbocycles. The van der Waals surface area contributed by atoms with Crippen LogP contribution in [0.5, 0.6) is 0 Å². The second-order valence-electron chi connectivity index (χ2n) is 2.32. The molecule has 1 N–H and O–H groups in total. The number of hydrogen-bond donors (Lipinski definition) is 1. The maximum Gasteiger partial charge on any atom is 0.481 e. The fourth-order valence-electron chi connectivity index (χ4n) is 1.06. The Balaban J connectivity index is 3.15. The van der Waals surface area contributed by atoms with E-state index in [-0.39, 0.29) is 11.5 Å².